The third kappa shape index (κ3) is 2.66. The topological polar surface area (TPSA) is 100 Å². The number of hydrogen-bond acceptors (Lipinski definition) is 4. The smallest absolute Gasteiger partial charge is 0.278 e. The van der Waals surface area contributed by atoms with Crippen LogP contribution in [0.1, 0.15) is 58.2 Å². The van der Waals surface area contributed by atoms with E-state index in [1.165, 1.54) is 12.8 Å². The Morgan fingerprint density at radius 1 is 1.10 bits per heavy atom. The molecule has 2 aromatic rings. The average Bonchev–Trinajstić information content (AvgIpc) is 2.82. The second-order valence-corrected chi connectivity index (χ2v) is 7.19. The summed E-state index contributed by atoms with van der Waals surface area (Å²) < 4.78 is 0. The molecule has 2 aromatic heterocycles. The number of aromatic nitrogens is 4. The molecule has 0 saturated heterocycles. The molecule has 1 aliphatic rings. The monoisotopic (exact) mass is 289 g/mol. The molecule has 0 amide bonds. The van der Waals surface area contributed by atoms with Crippen molar-refractivity contribution in [2.75, 3.05) is 5.73 Å². The summed E-state index contributed by atoms with van der Waals surface area (Å²) in [6.45, 7) is 6.93. The van der Waals surface area contributed by atoms with E-state index >= 15 is 0 Å². The molecule has 0 radical (unpaired) electrons. The van der Waals surface area contributed by atoms with Crippen LogP contribution >= 0.6 is 0 Å². The van der Waals surface area contributed by atoms with Gasteiger partial charge in [-0.25, -0.2) is 4.98 Å². The lowest BCUT2D eigenvalue weighted by Gasteiger charge is -2.36. The van der Waals surface area contributed by atoms with Crippen LogP contribution < -0.4 is 11.3 Å². The highest BCUT2D eigenvalue weighted by Gasteiger charge is 2.31. The lowest BCUT2D eigenvalue weighted by Crippen LogP contribution is -2.25. The van der Waals surface area contributed by atoms with E-state index in [1.807, 2.05) is 0 Å². The number of rotatable bonds is 1. The van der Waals surface area contributed by atoms with Gasteiger partial charge >= 0.3 is 0 Å². The fourth-order valence-electron chi connectivity index (χ4n) is 3.37. The van der Waals surface area contributed by atoms with Gasteiger partial charge in [-0.05, 0) is 37.0 Å². The largest absolute Gasteiger partial charge is 0.369 e. The first-order valence-corrected chi connectivity index (χ1v) is 7.60. The Hall–Kier alpha value is -1.85. The number of imidazole rings is 1. The minimum absolute atomic E-state index is 0.113. The third-order valence-electron chi connectivity index (χ3n) is 4.74. The highest BCUT2D eigenvalue weighted by molar-refractivity contribution is 5.70. The van der Waals surface area contributed by atoms with Gasteiger partial charge in [-0.3, -0.25) is 9.78 Å². The Morgan fingerprint density at radius 3 is 2.38 bits per heavy atom. The summed E-state index contributed by atoms with van der Waals surface area (Å²) in [7, 11) is 0. The lowest BCUT2D eigenvalue weighted by molar-refractivity contribution is 0.167. The van der Waals surface area contributed by atoms with E-state index in [4.69, 9.17) is 5.73 Å². The molecule has 4 N–H and O–H groups in total. The van der Waals surface area contributed by atoms with Crippen LogP contribution in [0.4, 0.5) is 5.95 Å². The van der Waals surface area contributed by atoms with Crippen molar-refractivity contribution in [2.45, 2.75) is 52.4 Å². The van der Waals surface area contributed by atoms with Crippen LogP contribution in [-0.2, 0) is 0 Å². The molecule has 0 unspecified atom stereocenters. The zero-order valence-electron chi connectivity index (χ0n) is 12.9. The van der Waals surface area contributed by atoms with E-state index in [9.17, 15) is 4.79 Å². The van der Waals surface area contributed by atoms with Crippen LogP contribution in [0.5, 0.6) is 0 Å². The molecule has 2 heterocycles. The minimum Gasteiger partial charge on any atom is -0.369 e. The van der Waals surface area contributed by atoms with Crippen LogP contribution in [0.25, 0.3) is 11.2 Å². The van der Waals surface area contributed by atoms with Gasteiger partial charge in [0.05, 0.1) is 0 Å². The normalized spacial score (nSPS) is 23.6. The number of aromatic amines is 2. The quantitative estimate of drug-likeness (QED) is 0.751. The SMILES string of the molecule is CC(C)(C)C1CCC(c2nc3nc(N)[nH]c(=O)c3[nH]2)CC1. The van der Waals surface area contributed by atoms with Gasteiger partial charge < -0.3 is 10.7 Å². The first-order chi connectivity index (χ1) is 9.84. The minimum atomic E-state index is -0.250. The fraction of sp³-hybridized carbons (Fsp3) is 0.667. The first-order valence-electron chi connectivity index (χ1n) is 7.60. The van der Waals surface area contributed by atoms with Crippen molar-refractivity contribution in [3.8, 4) is 0 Å². The molecule has 1 saturated carbocycles. The van der Waals surface area contributed by atoms with E-state index in [0.29, 0.717) is 22.5 Å². The molecule has 0 atom stereocenters. The molecule has 0 spiro atoms. The van der Waals surface area contributed by atoms with E-state index < -0.39 is 0 Å². The predicted octanol–water partition coefficient (Wildman–Crippen LogP) is 2.55. The zero-order valence-corrected chi connectivity index (χ0v) is 12.9. The molecular formula is C15H23N5O. The van der Waals surface area contributed by atoms with Gasteiger partial charge in [0.25, 0.3) is 5.56 Å². The van der Waals surface area contributed by atoms with E-state index in [1.54, 1.807) is 0 Å². The summed E-state index contributed by atoms with van der Waals surface area (Å²) in [6, 6.07) is 0. The maximum absolute atomic E-state index is 11.8. The van der Waals surface area contributed by atoms with Crippen molar-refractivity contribution >= 4 is 17.1 Å². The lowest BCUT2D eigenvalue weighted by atomic mass is 9.70. The number of anilines is 1. The van der Waals surface area contributed by atoms with Gasteiger partial charge in [0.1, 0.15) is 5.82 Å². The highest BCUT2D eigenvalue weighted by atomic mass is 16.1. The van der Waals surface area contributed by atoms with Crippen LogP contribution in [0, 0.1) is 11.3 Å². The molecule has 6 heteroatoms. The third-order valence-corrected chi connectivity index (χ3v) is 4.74. The molecule has 1 fully saturated rings. The molecular weight excluding hydrogens is 266 g/mol. The van der Waals surface area contributed by atoms with Gasteiger partial charge in [0.2, 0.25) is 5.95 Å². The maximum Gasteiger partial charge on any atom is 0.278 e. The summed E-state index contributed by atoms with van der Waals surface area (Å²) >= 11 is 0. The van der Waals surface area contributed by atoms with Crippen LogP contribution in [0.3, 0.4) is 0 Å². The summed E-state index contributed by atoms with van der Waals surface area (Å²) in [4.78, 5) is 26.0. The van der Waals surface area contributed by atoms with E-state index in [2.05, 4.69) is 40.7 Å². The van der Waals surface area contributed by atoms with Crippen molar-refractivity contribution < 1.29 is 0 Å². The zero-order chi connectivity index (χ0) is 15.2. The Labute approximate surface area is 123 Å². The van der Waals surface area contributed by atoms with E-state index in [-0.39, 0.29) is 11.5 Å². The van der Waals surface area contributed by atoms with Gasteiger partial charge in [-0.15, -0.1) is 0 Å². The molecule has 0 bridgehead atoms. The molecule has 0 aromatic carbocycles. The molecule has 114 valence electrons. The van der Waals surface area contributed by atoms with Crippen molar-refractivity contribution in [1.29, 1.82) is 0 Å². The van der Waals surface area contributed by atoms with Crippen LogP contribution in [0.15, 0.2) is 4.79 Å². The van der Waals surface area contributed by atoms with Crippen molar-refractivity contribution in [2.24, 2.45) is 11.3 Å². The van der Waals surface area contributed by atoms with Gasteiger partial charge in [-0.2, -0.15) is 4.98 Å². The standard InChI is InChI=1S/C15H23N5O/c1-15(2,3)9-6-4-8(5-7-9)11-17-10-12(18-11)19-14(16)20-13(10)21/h8-9H,4-7H2,1-3H3,(H4,16,17,18,19,20,21). The first kappa shape index (κ1) is 14.1. The number of nitrogens with two attached hydrogens (primary N) is 1. The predicted molar refractivity (Wildman–Crippen MR) is 83.1 cm³/mol. The Balaban J connectivity index is 1.83. The van der Waals surface area contributed by atoms with Gasteiger partial charge in [0.15, 0.2) is 11.2 Å². The van der Waals surface area contributed by atoms with Gasteiger partial charge in [-0.1, -0.05) is 20.8 Å². The summed E-state index contributed by atoms with van der Waals surface area (Å²) in [5.41, 5.74) is 6.52. The fourth-order valence-corrected chi connectivity index (χ4v) is 3.37. The molecule has 6 nitrogen and oxygen atoms in total. The summed E-state index contributed by atoms with van der Waals surface area (Å²) in [6.07, 6.45) is 4.62. The Morgan fingerprint density at radius 2 is 1.76 bits per heavy atom. The summed E-state index contributed by atoms with van der Waals surface area (Å²) in [5.74, 6) is 2.14. The van der Waals surface area contributed by atoms with Crippen molar-refractivity contribution in [3.05, 3.63) is 16.2 Å². The Bertz CT molecular complexity index is 701. The van der Waals surface area contributed by atoms with Gasteiger partial charge in [0, 0.05) is 5.92 Å². The van der Waals surface area contributed by atoms with Crippen molar-refractivity contribution in [3.63, 3.8) is 0 Å². The van der Waals surface area contributed by atoms with E-state index in [0.717, 1.165) is 24.6 Å². The number of fused-ring (bicyclic) bond motifs is 1. The van der Waals surface area contributed by atoms with Crippen LogP contribution in [-0.4, -0.2) is 19.9 Å². The second-order valence-electron chi connectivity index (χ2n) is 7.19. The molecule has 3 rings (SSSR count). The average molecular weight is 289 g/mol. The van der Waals surface area contributed by atoms with Crippen LogP contribution in [0.2, 0.25) is 0 Å². The maximum atomic E-state index is 11.8. The number of H-pyrrole nitrogens is 2. The summed E-state index contributed by atoms with van der Waals surface area (Å²) in [5, 5.41) is 0. The number of nitrogens with zero attached hydrogens (tertiary/aromatic N) is 2. The number of nitrogens with one attached hydrogen (secondary N) is 2. The second kappa shape index (κ2) is 4.86. The van der Waals surface area contributed by atoms with Crippen molar-refractivity contribution in [1.82, 2.24) is 19.9 Å². The molecule has 0 aliphatic heterocycles. The number of hydrogen-bond donors (Lipinski definition) is 3. The Kier molecular flexibility index (Phi) is 3.26. The molecule has 21 heavy (non-hydrogen) atoms. The highest BCUT2D eigenvalue weighted by Crippen LogP contribution is 2.42. The molecule has 1 aliphatic carbocycles. The number of nitrogen functional groups attached to an aromatic ring is 1.